The molecule has 0 saturated heterocycles. The van der Waals surface area contributed by atoms with E-state index in [9.17, 15) is 14.0 Å². The van der Waals surface area contributed by atoms with E-state index < -0.39 is 17.8 Å². The molecule has 7 heteroatoms. The van der Waals surface area contributed by atoms with Crippen molar-refractivity contribution in [3.8, 4) is 0 Å². The van der Waals surface area contributed by atoms with Crippen LogP contribution in [0.2, 0.25) is 5.02 Å². The summed E-state index contributed by atoms with van der Waals surface area (Å²) >= 11 is 5.49. The molecule has 18 heavy (non-hydrogen) atoms. The second-order valence-corrected chi connectivity index (χ2v) is 3.65. The van der Waals surface area contributed by atoms with Gasteiger partial charge in [0.25, 0.3) is 0 Å². The third-order valence-corrected chi connectivity index (χ3v) is 2.18. The van der Waals surface area contributed by atoms with E-state index in [1.54, 1.807) is 6.92 Å². The van der Waals surface area contributed by atoms with Gasteiger partial charge in [0.05, 0.1) is 11.6 Å². The van der Waals surface area contributed by atoms with Gasteiger partial charge in [0, 0.05) is 5.69 Å². The van der Waals surface area contributed by atoms with Gasteiger partial charge in [-0.15, -0.1) is 0 Å². The summed E-state index contributed by atoms with van der Waals surface area (Å²) in [4.78, 5) is 22.3. The van der Waals surface area contributed by atoms with Crippen LogP contribution in [0.25, 0.3) is 0 Å². The molecule has 1 rings (SSSR count). The molecule has 0 radical (unpaired) electrons. The van der Waals surface area contributed by atoms with Gasteiger partial charge in [0.1, 0.15) is 12.4 Å². The van der Waals surface area contributed by atoms with E-state index in [1.807, 2.05) is 0 Å². The molecule has 0 unspecified atom stereocenters. The van der Waals surface area contributed by atoms with Gasteiger partial charge >= 0.3 is 12.0 Å². The second kappa shape index (κ2) is 6.80. The van der Waals surface area contributed by atoms with Crippen molar-refractivity contribution in [3.63, 3.8) is 0 Å². The normalized spacial score (nSPS) is 9.72. The van der Waals surface area contributed by atoms with Crippen LogP contribution >= 0.6 is 11.6 Å². The number of amides is 2. The minimum Gasteiger partial charge on any atom is -0.465 e. The number of hydrogen-bond donors (Lipinski definition) is 2. The first kappa shape index (κ1) is 14.2. The molecule has 2 amide bonds. The highest BCUT2D eigenvalue weighted by atomic mass is 35.5. The number of halogens is 2. The zero-order valence-electron chi connectivity index (χ0n) is 9.63. The summed E-state index contributed by atoms with van der Waals surface area (Å²) in [6, 6.07) is 3.20. The number of carbonyl (C=O) groups excluding carboxylic acids is 2. The zero-order valence-corrected chi connectivity index (χ0v) is 10.4. The number of esters is 1. The Morgan fingerprint density at radius 2 is 2.17 bits per heavy atom. The van der Waals surface area contributed by atoms with Gasteiger partial charge in [-0.3, -0.25) is 4.79 Å². The van der Waals surface area contributed by atoms with Crippen molar-refractivity contribution in [2.45, 2.75) is 6.92 Å². The van der Waals surface area contributed by atoms with E-state index in [0.29, 0.717) is 0 Å². The lowest BCUT2D eigenvalue weighted by molar-refractivity contribution is -0.141. The van der Waals surface area contributed by atoms with Gasteiger partial charge in [0.15, 0.2) is 0 Å². The average Bonchev–Trinajstić information content (AvgIpc) is 2.32. The Morgan fingerprint density at radius 1 is 1.44 bits per heavy atom. The lowest BCUT2D eigenvalue weighted by Crippen LogP contribution is -2.34. The first-order valence-corrected chi connectivity index (χ1v) is 5.56. The van der Waals surface area contributed by atoms with E-state index in [2.05, 4.69) is 15.4 Å². The molecule has 0 saturated carbocycles. The summed E-state index contributed by atoms with van der Waals surface area (Å²) in [5.41, 5.74) is 0.234. The summed E-state index contributed by atoms with van der Waals surface area (Å²) in [6.07, 6.45) is 0. The molecule has 0 spiro atoms. The molecule has 5 nitrogen and oxygen atoms in total. The van der Waals surface area contributed by atoms with Gasteiger partial charge in [-0.25, -0.2) is 9.18 Å². The number of urea groups is 1. The number of nitrogens with one attached hydrogen (secondary N) is 2. The van der Waals surface area contributed by atoms with Crippen LogP contribution in [0.1, 0.15) is 6.92 Å². The highest BCUT2D eigenvalue weighted by Gasteiger charge is 2.07. The van der Waals surface area contributed by atoms with Crippen LogP contribution in [0.3, 0.4) is 0 Å². The standard InChI is InChI=1S/C11H12ClFN2O3/c1-2-18-10(16)6-14-11(17)15-7-3-4-8(12)9(13)5-7/h3-5H,2,6H2,1H3,(H2,14,15,17). The molecule has 0 aromatic heterocycles. The average molecular weight is 275 g/mol. The maximum absolute atomic E-state index is 13.1. The van der Waals surface area contributed by atoms with Crippen molar-refractivity contribution < 1.29 is 18.7 Å². The third-order valence-electron chi connectivity index (χ3n) is 1.88. The molecular formula is C11H12ClFN2O3. The summed E-state index contributed by atoms with van der Waals surface area (Å²) in [5.74, 6) is -1.19. The van der Waals surface area contributed by atoms with Crippen molar-refractivity contribution in [1.29, 1.82) is 0 Å². The summed E-state index contributed by atoms with van der Waals surface area (Å²) < 4.78 is 17.7. The van der Waals surface area contributed by atoms with Crippen LogP contribution in [-0.2, 0) is 9.53 Å². The Labute approximate surface area is 108 Å². The maximum atomic E-state index is 13.1. The number of rotatable bonds is 4. The number of anilines is 1. The molecule has 0 aliphatic rings. The number of hydrogen-bond acceptors (Lipinski definition) is 3. The predicted octanol–water partition coefficient (Wildman–Crippen LogP) is 2.16. The van der Waals surface area contributed by atoms with Gasteiger partial charge < -0.3 is 15.4 Å². The summed E-state index contributed by atoms with van der Waals surface area (Å²) in [5, 5.41) is 4.59. The molecular weight excluding hydrogens is 263 g/mol. The predicted molar refractivity (Wildman–Crippen MR) is 65.1 cm³/mol. The minimum atomic E-state index is -0.639. The summed E-state index contributed by atoms with van der Waals surface area (Å²) in [7, 11) is 0. The van der Waals surface area contributed by atoms with E-state index in [4.69, 9.17) is 11.6 Å². The van der Waals surface area contributed by atoms with Crippen LogP contribution in [-0.4, -0.2) is 25.2 Å². The fourth-order valence-electron chi connectivity index (χ4n) is 1.11. The molecule has 0 atom stereocenters. The van der Waals surface area contributed by atoms with Gasteiger partial charge in [-0.2, -0.15) is 0 Å². The SMILES string of the molecule is CCOC(=O)CNC(=O)Nc1ccc(Cl)c(F)c1. The number of benzene rings is 1. The van der Waals surface area contributed by atoms with E-state index in [1.165, 1.54) is 12.1 Å². The van der Waals surface area contributed by atoms with Crippen LogP contribution in [0.15, 0.2) is 18.2 Å². The lowest BCUT2D eigenvalue weighted by Gasteiger charge is -2.07. The Balaban J connectivity index is 2.44. The lowest BCUT2D eigenvalue weighted by atomic mass is 10.3. The monoisotopic (exact) mass is 274 g/mol. The first-order chi connectivity index (χ1) is 8.52. The smallest absolute Gasteiger partial charge is 0.325 e. The fraction of sp³-hybridized carbons (Fsp3) is 0.273. The highest BCUT2D eigenvalue weighted by molar-refractivity contribution is 6.30. The molecule has 1 aromatic carbocycles. The Bertz CT molecular complexity index is 454. The van der Waals surface area contributed by atoms with Gasteiger partial charge in [-0.1, -0.05) is 11.6 Å². The summed E-state index contributed by atoms with van der Waals surface area (Å²) in [6.45, 7) is 1.65. The quantitative estimate of drug-likeness (QED) is 0.827. The van der Waals surface area contributed by atoms with Crippen molar-refractivity contribution >= 4 is 29.3 Å². The molecule has 0 fully saturated rings. The van der Waals surface area contributed by atoms with Crippen LogP contribution in [0, 0.1) is 5.82 Å². The minimum absolute atomic E-state index is 0.0347. The zero-order chi connectivity index (χ0) is 13.5. The molecule has 2 N–H and O–H groups in total. The van der Waals surface area contributed by atoms with Crippen molar-refractivity contribution in [2.24, 2.45) is 0 Å². The second-order valence-electron chi connectivity index (χ2n) is 3.24. The Kier molecular flexibility index (Phi) is 5.38. The molecule has 1 aromatic rings. The van der Waals surface area contributed by atoms with Crippen molar-refractivity contribution in [3.05, 3.63) is 29.0 Å². The topological polar surface area (TPSA) is 67.4 Å². The molecule has 98 valence electrons. The Morgan fingerprint density at radius 3 is 2.78 bits per heavy atom. The van der Waals surface area contributed by atoms with Gasteiger partial charge in [0.2, 0.25) is 0 Å². The van der Waals surface area contributed by atoms with Crippen LogP contribution in [0.5, 0.6) is 0 Å². The van der Waals surface area contributed by atoms with E-state index in [0.717, 1.165) is 6.07 Å². The van der Waals surface area contributed by atoms with Crippen molar-refractivity contribution in [1.82, 2.24) is 5.32 Å². The number of ether oxygens (including phenoxy) is 1. The molecule has 0 aliphatic heterocycles. The molecule has 0 heterocycles. The number of carbonyl (C=O) groups is 2. The van der Waals surface area contributed by atoms with Crippen molar-refractivity contribution in [2.75, 3.05) is 18.5 Å². The maximum Gasteiger partial charge on any atom is 0.325 e. The van der Waals surface area contributed by atoms with Gasteiger partial charge in [-0.05, 0) is 25.1 Å². The first-order valence-electron chi connectivity index (χ1n) is 5.18. The third kappa shape index (κ3) is 4.58. The van der Waals surface area contributed by atoms with E-state index in [-0.39, 0.29) is 23.9 Å². The van der Waals surface area contributed by atoms with E-state index >= 15 is 0 Å². The molecule has 0 aliphatic carbocycles. The van der Waals surface area contributed by atoms with Crippen LogP contribution in [0.4, 0.5) is 14.9 Å². The van der Waals surface area contributed by atoms with Crippen LogP contribution < -0.4 is 10.6 Å². The fourth-order valence-corrected chi connectivity index (χ4v) is 1.23. The largest absolute Gasteiger partial charge is 0.465 e. The Hall–Kier alpha value is -1.82. The highest BCUT2D eigenvalue weighted by Crippen LogP contribution is 2.18. The molecule has 0 bridgehead atoms.